The predicted octanol–water partition coefficient (Wildman–Crippen LogP) is 1.50. The summed E-state index contributed by atoms with van der Waals surface area (Å²) in [5.74, 6) is 0. The first kappa shape index (κ1) is 15.9. The van der Waals surface area contributed by atoms with Gasteiger partial charge >= 0.3 is 0 Å². The Balaban J connectivity index is 2.25. The SMILES string of the molecule is COCCCOCCN1CC(C)(C)NCC1(C)C. The van der Waals surface area contributed by atoms with Gasteiger partial charge in [-0.15, -0.1) is 0 Å². The van der Waals surface area contributed by atoms with Crippen LogP contribution in [0.1, 0.15) is 34.1 Å². The first-order chi connectivity index (χ1) is 8.37. The minimum Gasteiger partial charge on any atom is -0.385 e. The molecule has 0 unspecified atom stereocenters. The quantitative estimate of drug-likeness (QED) is 0.702. The summed E-state index contributed by atoms with van der Waals surface area (Å²) in [6, 6.07) is 0. The van der Waals surface area contributed by atoms with Crippen molar-refractivity contribution < 1.29 is 9.47 Å². The average Bonchev–Trinajstić information content (AvgIpc) is 2.28. The molecule has 4 heteroatoms. The second-order valence-electron chi connectivity index (χ2n) is 6.43. The molecule has 0 spiro atoms. The van der Waals surface area contributed by atoms with E-state index in [9.17, 15) is 0 Å². The van der Waals surface area contributed by atoms with E-state index in [0.29, 0.717) is 0 Å². The van der Waals surface area contributed by atoms with Gasteiger partial charge in [-0.3, -0.25) is 4.90 Å². The van der Waals surface area contributed by atoms with E-state index in [0.717, 1.165) is 45.9 Å². The first-order valence-corrected chi connectivity index (χ1v) is 6.94. The summed E-state index contributed by atoms with van der Waals surface area (Å²) in [5, 5.41) is 3.60. The molecule has 1 aliphatic heterocycles. The highest BCUT2D eigenvalue weighted by Gasteiger charge is 2.36. The van der Waals surface area contributed by atoms with Gasteiger partial charge in [0.2, 0.25) is 0 Å². The van der Waals surface area contributed by atoms with Crippen LogP contribution in [0.2, 0.25) is 0 Å². The van der Waals surface area contributed by atoms with Crippen LogP contribution in [0.4, 0.5) is 0 Å². The van der Waals surface area contributed by atoms with E-state index in [1.54, 1.807) is 7.11 Å². The summed E-state index contributed by atoms with van der Waals surface area (Å²) in [7, 11) is 1.73. The van der Waals surface area contributed by atoms with E-state index in [1.165, 1.54) is 0 Å². The zero-order chi connectivity index (χ0) is 13.6. The van der Waals surface area contributed by atoms with Crippen LogP contribution in [0.15, 0.2) is 0 Å². The van der Waals surface area contributed by atoms with Crippen molar-refractivity contribution in [2.24, 2.45) is 0 Å². The number of ether oxygens (including phenoxy) is 2. The van der Waals surface area contributed by atoms with Crippen LogP contribution in [0.3, 0.4) is 0 Å². The molecule has 1 aliphatic rings. The summed E-state index contributed by atoms with van der Waals surface area (Å²) in [6.07, 6.45) is 0.979. The lowest BCUT2D eigenvalue weighted by atomic mass is 9.91. The minimum atomic E-state index is 0.200. The van der Waals surface area contributed by atoms with Crippen LogP contribution in [0, 0.1) is 0 Å². The summed E-state index contributed by atoms with van der Waals surface area (Å²) in [6.45, 7) is 14.6. The molecule has 1 fully saturated rings. The molecule has 0 atom stereocenters. The zero-order valence-corrected chi connectivity index (χ0v) is 12.7. The van der Waals surface area contributed by atoms with Gasteiger partial charge in [-0.25, -0.2) is 0 Å². The molecule has 0 amide bonds. The third-order valence-electron chi connectivity index (χ3n) is 3.58. The van der Waals surface area contributed by atoms with Crippen molar-refractivity contribution in [1.29, 1.82) is 0 Å². The Bertz CT molecular complexity index is 242. The van der Waals surface area contributed by atoms with Gasteiger partial charge in [0.15, 0.2) is 0 Å². The zero-order valence-electron chi connectivity index (χ0n) is 12.7. The topological polar surface area (TPSA) is 33.7 Å². The fourth-order valence-corrected chi connectivity index (χ4v) is 2.28. The Hall–Kier alpha value is -0.160. The monoisotopic (exact) mass is 258 g/mol. The molecule has 0 aromatic carbocycles. The molecule has 0 aliphatic carbocycles. The van der Waals surface area contributed by atoms with Crippen LogP contribution in [-0.2, 0) is 9.47 Å². The maximum atomic E-state index is 5.66. The molecule has 0 aromatic rings. The molecular formula is C14H30N2O2. The number of hydrogen-bond acceptors (Lipinski definition) is 4. The van der Waals surface area contributed by atoms with Crippen LogP contribution in [-0.4, -0.2) is 62.5 Å². The van der Waals surface area contributed by atoms with Gasteiger partial charge in [0.1, 0.15) is 0 Å². The van der Waals surface area contributed by atoms with Gasteiger partial charge in [0.25, 0.3) is 0 Å². The van der Waals surface area contributed by atoms with Gasteiger partial charge in [-0.2, -0.15) is 0 Å². The van der Waals surface area contributed by atoms with Gasteiger partial charge in [-0.1, -0.05) is 0 Å². The van der Waals surface area contributed by atoms with Crippen molar-refractivity contribution in [2.75, 3.05) is 46.6 Å². The molecule has 4 nitrogen and oxygen atoms in total. The van der Waals surface area contributed by atoms with E-state index in [2.05, 4.69) is 37.9 Å². The van der Waals surface area contributed by atoms with Crippen LogP contribution in [0.25, 0.3) is 0 Å². The number of methoxy groups -OCH3 is 1. The fourth-order valence-electron chi connectivity index (χ4n) is 2.28. The second-order valence-corrected chi connectivity index (χ2v) is 6.43. The third-order valence-corrected chi connectivity index (χ3v) is 3.58. The molecule has 1 rings (SSSR count). The van der Waals surface area contributed by atoms with E-state index in [-0.39, 0.29) is 11.1 Å². The molecule has 1 heterocycles. The molecule has 1 N–H and O–H groups in total. The molecule has 1 saturated heterocycles. The van der Waals surface area contributed by atoms with Crippen LogP contribution in [0.5, 0.6) is 0 Å². The van der Waals surface area contributed by atoms with Crippen LogP contribution < -0.4 is 5.32 Å². The second kappa shape index (κ2) is 6.85. The summed E-state index contributed by atoms with van der Waals surface area (Å²) in [4.78, 5) is 2.53. The summed E-state index contributed by atoms with van der Waals surface area (Å²) in [5.41, 5.74) is 0.414. The molecule has 108 valence electrons. The number of piperazine rings is 1. The maximum absolute atomic E-state index is 5.66. The fraction of sp³-hybridized carbons (Fsp3) is 1.00. The highest BCUT2D eigenvalue weighted by atomic mass is 16.5. The van der Waals surface area contributed by atoms with E-state index >= 15 is 0 Å². The number of rotatable bonds is 7. The Morgan fingerprint density at radius 2 is 1.83 bits per heavy atom. The van der Waals surface area contributed by atoms with Crippen molar-refractivity contribution in [3.63, 3.8) is 0 Å². The molecule has 18 heavy (non-hydrogen) atoms. The number of nitrogens with one attached hydrogen (secondary N) is 1. The highest BCUT2D eigenvalue weighted by molar-refractivity contribution is 4.97. The Kier molecular flexibility index (Phi) is 6.05. The lowest BCUT2D eigenvalue weighted by Crippen LogP contribution is -2.66. The molecular weight excluding hydrogens is 228 g/mol. The normalized spacial score (nSPS) is 23.2. The Labute approximate surface area is 112 Å². The maximum Gasteiger partial charge on any atom is 0.0593 e. The van der Waals surface area contributed by atoms with E-state index < -0.39 is 0 Å². The van der Waals surface area contributed by atoms with Gasteiger partial charge in [-0.05, 0) is 34.1 Å². The largest absolute Gasteiger partial charge is 0.385 e. The smallest absolute Gasteiger partial charge is 0.0593 e. The van der Waals surface area contributed by atoms with E-state index in [1.807, 2.05) is 0 Å². The van der Waals surface area contributed by atoms with Gasteiger partial charge < -0.3 is 14.8 Å². The Morgan fingerprint density at radius 3 is 2.50 bits per heavy atom. The predicted molar refractivity (Wildman–Crippen MR) is 75.0 cm³/mol. The lowest BCUT2D eigenvalue weighted by Gasteiger charge is -2.49. The van der Waals surface area contributed by atoms with Crippen molar-refractivity contribution in [3.05, 3.63) is 0 Å². The van der Waals surface area contributed by atoms with Crippen molar-refractivity contribution >= 4 is 0 Å². The van der Waals surface area contributed by atoms with Crippen molar-refractivity contribution in [1.82, 2.24) is 10.2 Å². The summed E-state index contributed by atoms with van der Waals surface area (Å²) < 4.78 is 10.7. The van der Waals surface area contributed by atoms with Crippen molar-refractivity contribution in [2.45, 2.75) is 45.2 Å². The standard InChI is InChI=1S/C14H30N2O2/c1-13(2)12-16(14(3,4)11-15-13)7-10-18-9-6-8-17-5/h15H,6-12H2,1-5H3. The lowest BCUT2D eigenvalue weighted by molar-refractivity contribution is 0.00832. The highest BCUT2D eigenvalue weighted by Crippen LogP contribution is 2.22. The molecule has 0 aromatic heterocycles. The summed E-state index contributed by atoms with van der Waals surface area (Å²) >= 11 is 0. The third kappa shape index (κ3) is 5.22. The average molecular weight is 258 g/mol. The van der Waals surface area contributed by atoms with Crippen molar-refractivity contribution in [3.8, 4) is 0 Å². The van der Waals surface area contributed by atoms with E-state index in [4.69, 9.17) is 9.47 Å². The molecule has 0 radical (unpaired) electrons. The molecule has 0 saturated carbocycles. The Morgan fingerprint density at radius 1 is 1.11 bits per heavy atom. The number of nitrogens with zero attached hydrogens (tertiary/aromatic N) is 1. The number of hydrogen-bond donors (Lipinski definition) is 1. The minimum absolute atomic E-state index is 0.200. The van der Waals surface area contributed by atoms with Crippen LogP contribution >= 0.6 is 0 Å². The molecule has 0 bridgehead atoms. The first-order valence-electron chi connectivity index (χ1n) is 6.94. The van der Waals surface area contributed by atoms with Gasteiger partial charge in [0.05, 0.1) is 6.61 Å². The van der Waals surface area contributed by atoms with Gasteiger partial charge in [0, 0.05) is 51.0 Å².